The highest BCUT2D eigenvalue weighted by Crippen LogP contribution is 2.20. The van der Waals surface area contributed by atoms with Gasteiger partial charge in [-0.05, 0) is 36.1 Å². The van der Waals surface area contributed by atoms with Gasteiger partial charge in [-0.25, -0.2) is 9.98 Å². The molecule has 1 aromatic heterocycles. The van der Waals surface area contributed by atoms with Gasteiger partial charge in [-0.15, -0.1) is 17.8 Å². The number of nitrogens with zero attached hydrogens (tertiary/aromatic N) is 2. The van der Waals surface area contributed by atoms with Crippen molar-refractivity contribution in [1.82, 2.24) is 15.6 Å². The van der Waals surface area contributed by atoms with E-state index in [-0.39, 0.29) is 18.6 Å². The summed E-state index contributed by atoms with van der Waals surface area (Å²) < 4.78 is 6.52. The maximum Gasteiger partial charge on any atom is 0.274 e. The molecule has 0 radical (unpaired) electrons. The molecule has 140 valence electrons. The molecule has 1 atom stereocenters. The van der Waals surface area contributed by atoms with E-state index in [0.29, 0.717) is 24.2 Å². The maximum absolute atomic E-state index is 12.3. The molecule has 27 heavy (non-hydrogen) atoms. The first-order valence-corrected chi connectivity index (χ1v) is 9.65. The molecule has 2 N–H and O–H groups in total. The first-order chi connectivity index (χ1) is 13.0. The van der Waals surface area contributed by atoms with Crippen LogP contribution in [0.1, 0.15) is 25.8 Å². The predicted molar refractivity (Wildman–Crippen MR) is 109 cm³/mol. The zero-order valence-corrected chi connectivity index (χ0v) is 16.2. The van der Waals surface area contributed by atoms with Crippen molar-refractivity contribution < 1.29 is 9.53 Å². The van der Waals surface area contributed by atoms with E-state index in [0.717, 1.165) is 22.2 Å². The van der Waals surface area contributed by atoms with Crippen LogP contribution in [0.4, 0.5) is 0 Å². The van der Waals surface area contributed by atoms with Gasteiger partial charge in [0, 0.05) is 0 Å². The minimum Gasteiger partial charge on any atom is -0.367 e. The van der Waals surface area contributed by atoms with Crippen LogP contribution in [0.5, 0.6) is 0 Å². The summed E-state index contributed by atoms with van der Waals surface area (Å²) in [7, 11) is 0. The fourth-order valence-corrected chi connectivity index (χ4v) is 3.55. The maximum atomic E-state index is 12.3. The average molecular weight is 382 g/mol. The first-order valence-electron chi connectivity index (χ1n) is 8.77. The van der Waals surface area contributed by atoms with E-state index in [1.165, 1.54) is 0 Å². The number of hydrogen-bond donors (Lipinski definition) is 2. The van der Waals surface area contributed by atoms with Gasteiger partial charge in [0.2, 0.25) is 5.96 Å². The number of carbonyl (C=O) groups is 1. The molecule has 3 rings (SSSR count). The summed E-state index contributed by atoms with van der Waals surface area (Å²) in [5.41, 5.74) is 4.16. The highest BCUT2D eigenvalue weighted by molar-refractivity contribution is 7.16. The molecule has 1 fully saturated rings. The second kappa shape index (κ2) is 8.80. The van der Waals surface area contributed by atoms with Gasteiger partial charge in [0.15, 0.2) is 0 Å². The molecule has 6 nitrogen and oxygen atoms in total. The number of hydrogen-bond acceptors (Lipinski definition) is 5. The van der Waals surface area contributed by atoms with E-state index >= 15 is 0 Å². The van der Waals surface area contributed by atoms with E-state index in [9.17, 15) is 4.79 Å². The summed E-state index contributed by atoms with van der Waals surface area (Å²) in [5.74, 6) is 3.15. The molecule has 7 heteroatoms. The van der Waals surface area contributed by atoms with E-state index in [1.54, 1.807) is 11.3 Å². The Morgan fingerprint density at radius 3 is 3.04 bits per heavy atom. The van der Waals surface area contributed by atoms with Gasteiger partial charge in [0.1, 0.15) is 12.3 Å². The second-order valence-corrected chi connectivity index (χ2v) is 7.58. The highest BCUT2D eigenvalue weighted by atomic mass is 32.1. The Hall–Kier alpha value is -2.69. The summed E-state index contributed by atoms with van der Waals surface area (Å²) in [5, 5.41) is 5.84. The van der Waals surface area contributed by atoms with Crippen LogP contribution in [-0.2, 0) is 9.53 Å². The van der Waals surface area contributed by atoms with Gasteiger partial charge in [0.25, 0.3) is 5.91 Å². The summed E-state index contributed by atoms with van der Waals surface area (Å²) in [4.78, 5) is 21.1. The quantitative estimate of drug-likeness (QED) is 0.439. The number of fused-ring (bicyclic) bond motifs is 1. The number of nitrogens with one attached hydrogen (secondary N) is 2. The Labute approximate surface area is 162 Å². The molecule has 0 bridgehead atoms. The van der Waals surface area contributed by atoms with Crippen LogP contribution in [-0.4, -0.2) is 36.1 Å². The first kappa shape index (κ1) is 19.1. The van der Waals surface area contributed by atoms with Gasteiger partial charge in [0.05, 0.1) is 28.4 Å². The lowest BCUT2D eigenvalue weighted by Gasteiger charge is -2.15. The third-order valence-corrected chi connectivity index (χ3v) is 4.74. The molecule has 1 saturated heterocycles. The topological polar surface area (TPSA) is 75.6 Å². The van der Waals surface area contributed by atoms with Crippen LogP contribution in [0, 0.1) is 18.3 Å². The zero-order chi connectivity index (χ0) is 19.2. The van der Waals surface area contributed by atoms with Gasteiger partial charge in [-0.2, -0.15) is 0 Å². The molecule has 2 aromatic rings. The minimum atomic E-state index is -0.203. The Kier molecular flexibility index (Phi) is 6.22. The molecule has 0 spiro atoms. The van der Waals surface area contributed by atoms with Gasteiger partial charge < -0.3 is 10.1 Å². The molecule has 1 aromatic carbocycles. The third-order valence-electron chi connectivity index (χ3n) is 3.95. The van der Waals surface area contributed by atoms with Crippen molar-refractivity contribution >= 4 is 39.5 Å². The molecule has 1 amide bonds. The molecule has 1 aliphatic rings. The van der Waals surface area contributed by atoms with E-state index < -0.39 is 0 Å². The van der Waals surface area contributed by atoms with Crippen LogP contribution < -0.4 is 10.6 Å². The standard InChI is InChI=1S/C20H22N4O2S/c1-4-7-26-11-15(8-13(2)3)22-20-23-17(19(25)24-20)9-14-5-6-16-18(10-14)27-12-21-16/h1,5-6,9-10,12-13,15H,7-8,11H2,2-3H3,(H2,22,23,24,25)/b17-9-. The molecule has 1 unspecified atom stereocenters. The highest BCUT2D eigenvalue weighted by Gasteiger charge is 2.23. The number of amides is 1. The lowest BCUT2D eigenvalue weighted by atomic mass is 10.1. The van der Waals surface area contributed by atoms with Gasteiger partial charge in [-0.3, -0.25) is 10.1 Å². The van der Waals surface area contributed by atoms with E-state index in [4.69, 9.17) is 11.2 Å². The Morgan fingerprint density at radius 1 is 1.41 bits per heavy atom. The van der Waals surface area contributed by atoms with Crippen molar-refractivity contribution in [3.8, 4) is 12.3 Å². The van der Waals surface area contributed by atoms with Crippen molar-refractivity contribution in [3.63, 3.8) is 0 Å². The van der Waals surface area contributed by atoms with E-state index in [2.05, 4.69) is 40.4 Å². The zero-order valence-electron chi connectivity index (χ0n) is 15.4. The smallest absolute Gasteiger partial charge is 0.274 e. The summed E-state index contributed by atoms with van der Waals surface area (Å²) >= 11 is 1.57. The number of terminal acetylenes is 1. The second-order valence-electron chi connectivity index (χ2n) is 6.70. The van der Waals surface area contributed by atoms with Crippen molar-refractivity contribution in [3.05, 3.63) is 35.0 Å². The Balaban J connectivity index is 1.73. The number of benzene rings is 1. The predicted octanol–water partition coefficient (Wildman–Crippen LogP) is 2.78. The van der Waals surface area contributed by atoms with Crippen LogP contribution in [0.3, 0.4) is 0 Å². The molecule has 0 saturated carbocycles. The number of rotatable bonds is 7. The van der Waals surface area contributed by atoms with Crippen LogP contribution >= 0.6 is 11.3 Å². The number of thiazole rings is 1. The van der Waals surface area contributed by atoms with Crippen molar-refractivity contribution in [1.29, 1.82) is 0 Å². The lowest BCUT2D eigenvalue weighted by molar-refractivity contribution is -0.115. The molecule has 2 heterocycles. The molecular formula is C20H22N4O2S. The average Bonchev–Trinajstić information content (AvgIpc) is 3.21. The number of ether oxygens (including phenoxy) is 1. The van der Waals surface area contributed by atoms with Gasteiger partial charge in [-0.1, -0.05) is 25.8 Å². The largest absolute Gasteiger partial charge is 0.367 e. The Bertz CT molecular complexity index is 923. The van der Waals surface area contributed by atoms with Crippen LogP contribution in [0.25, 0.3) is 16.3 Å². The summed E-state index contributed by atoms with van der Waals surface area (Å²) in [6, 6.07) is 5.82. The Morgan fingerprint density at radius 2 is 2.26 bits per heavy atom. The fourth-order valence-electron chi connectivity index (χ4n) is 2.82. The molecule has 1 aliphatic heterocycles. The molecular weight excluding hydrogens is 360 g/mol. The summed E-state index contributed by atoms with van der Waals surface area (Å²) in [6.45, 7) is 4.92. The lowest BCUT2D eigenvalue weighted by Crippen LogP contribution is -2.29. The number of carbonyl (C=O) groups excluding carboxylic acids is 1. The number of aliphatic imine (C=N–C) groups is 1. The van der Waals surface area contributed by atoms with Crippen molar-refractivity contribution in [2.75, 3.05) is 13.2 Å². The van der Waals surface area contributed by atoms with E-state index in [1.807, 2.05) is 29.8 Å². The summed E-state index contributed by atoms with van der Waals surface area (Å²) in [6.07, 6.45) is 7.88. The van der Waals surface area contributed by atoms with Crippen molar-refractivity contribution in [2.24, 2.45) is 10.9 Å². The number of aromatic nitrogens is 1. The fraction of sp³-hybridized carbons (Fsp3) is 0.350. The molecule has 0 aliphatic carbocycles. The van der Waals surface area contributed by atoms with Crippen LogP contribution in [0.2, 0.25) is 0 Å². The van der Waals surface area contributed by atoms with Crippen LogP contribution in [0.15, 0.2) is 34.4 Å². The van der Waals surface area contributed by atoms with Gasteiger partial charge >= 0.3 is 0 Å². The SMILES string of the molecule is C#CCOCC(CC(C)C)N=C1NC(=O)/C(=C/c2ccc3ncsc3c2)N1. The monoisotopic (exact) mass is 382 g/mol. The minimum absolute atomic E-state index is 0.0750. The normalized spacial score (nSPS) is 18.1. The van der Waals surface area contributed by atoms with Crippen molar-refractivity contribution in [2.45, 2.75) is 26.3 Å². The number of guanidine groups is 1. The third kappa shape index (κ3) is 5.16.